The molecule has 0 spiro atoms. The molecular formula is C12H17Cl3N2O. The van der Waals surface area contributed by atoms with Crippen molar-refractivity contribution in [2.45, 2.75) is 6.04 Å². The van der Waals surface area contributed by atoms with Gasteiger partial charge in [0.25, 0.3) is 0 Å². The van der Waals surface area contributed by atoms with E-state index in [1.807, 2.05) is 12.1 Å². The smallest absolute Gasteiger partial charge is 0.0629 e. The Morgan fingerprint density at radius 3 is 2.50 bits per heavy atom. The normalized spacial score (nSPS) is 18.2. The number of nitrogens with zero attached hydrogens (tertiary/aromatic N) is 1. The zero-order valence-corrected chi connectivity index (χ0v) is 12.2. The van der Waals surface area contributed by atoms with E-state index in [4.69, 9.17) is 23.2 Å². The summed E-state index contributed by atoms with van der Waals surface area (Å²) in [5, 5.41) is 14.1. The fourth-order valence-electron chi connectivity index (χ4n) is 2.18. The zero-order chi connectivity index (χ0) is 12.3. The lowest BCUT2D eigenvalue weighted by atomic mass is 10.1. The number of piperazine rings is 1. The second-order valence-electron chi connectivity index (χ2n) is 4.15. The van der Waals surface area contributed by atoms with Crippen LogP contribution in [0.1, 0.15) is 11.6 Å². The van der Waals surface area contributed by atoms with E-state index in [1.54, 1.807) is 6.07 Å². The van der Waals surface area contributed by atoms with E-state index in [0.29, 0.717) is 10.0 Å². The fraction of sp³-hybridized carbons (Fsp3) is 0.500. The van der Waals surface area contributed by atoms with Gasteiger partial charge in [0.2, 0.25) is 0 Å². The van der Waals surface area contributed by atoms with Gasteiger partial charge in [-0.15, -0.1) is 12.4 Å². The van der Waals surface area contributed by atoms with Crippen molar-refractivity contribution in [3.63, 3.8) is 0 Å². The van der Waals surface area contributed by atoms with Crippen LogP contribution in [0.5, 0.6) is 0 Å². The Morgan fingerprint density at radius 1 is 1.28 bits per heavy atom. The molecule has 1 aromatic carbocycles. The first-order valence-corrected chi connectivity index (χ1v) is 6.48. The number of rotatable bonds is 3. The summed E-state index contributed by atoms with van der Waals surface area (Å²) < 4.78 is 0. The molecule has 6 heteroatoms. The van der Waals surface area contributed by atoms with Crippen LogP contribution in [0.4, 0.5) is 0 Å². The average Bonchev–Trinajstić information content (AvgIpc) is 2.34. The highest BCUT2D eigenvalue weighted by Gasteiger charge is 2.23. The predicted molar refractivity (Wildman–Crippen MR) is 78.0 cm³/mol. The minimum absolute atomic E-state index is 0. The van der Waals surface area contributed by atoms with E-state index in [2.05, 4.69) is 10.2 Å². The maximum atomic E-state index is 9.57. The molecule has 1 atom stereocenters. The lowest BCUT2D eigenvalue weighted by Gasteiger charge is -2.34. The molecule has 2 rings (SSSR count). The fourth-order valence-corrected chi connectivity index (χ4v) is 2.71. The van der Waals surface area contributed by atoms with Crippen molar-refractivity contribution >= 4 is 35.6 Å². The van der Waals surface area contributed by atoms with Crippen LogP contribution in [0.25, 0.3) is 0 Å². The van der Waals surface area contributed by atoms with Gasteiger partial charge in [0.05, 0.1) is 12.6 Å². The SMILES string of the molecule is Cl.OC[C@H](c1ccc(Cl)cc1Cl)N1CCNCC1. The molecule has 0 aromatic heterocycles. The highest BCUT2D eigenvalue weighted by molar-refractivity contribution is 6.35. The molecule has 2 N–H and O–H groups in total. The molecule has 1 heterocycles. The topological polar surface area (TPSA) is 35.5 Å². The van der Waals surface area contributed by atoms with Gasteiger partial charge in [0, 0.05) is 36.2 Å². The first-order valence-electron chi connectivity index (χ1n) is 5.73. The van der Waals surface area contributed by atoms with Gasteiger partial charge in [-0.25, -0.2) is 0 Å². The molecule has 0 unspecified atom stereocenters. The molecule has 0 bridgehead atoms. The van der Waals surface area contributed by atoms with Gasteiger partial charge in [0.1, 0.15) is 0 Å². The Hall–Kier alpha value is -0.0300. The van der Waals surface area contributed by atoms with Gasteiger partial charge < -0.3 is 10.4 Å². The van der Waals surface area contributed by atoms with E-state index in [9.17, 15) is 5.11 Å². The number of hydrogen-bond donors (Lipinski definition) is 2. The monoisotopic (exact) mass is 310 g/mol. The van der Waals surface area contributed by atoms with Crippen molar-refractivity contribution in [3.05, 3.63) is 33.8 Å². The third-order valence-electron chi connectivity index (χ3n) is 3.09. The van der Waals surface area contributed by atoms with Crippen LogP contribution in [0.15, 0.2) is 18.2 Å². The van der Waals surface area contributed by atoms with Crippen molar-refractivity contribution in [2.24, 2.45) is 0 Å². The molecule has 1 fully saturated rings. The molecule has 0 saturated carbocycles. The lowest BCUT2D eigenvalue weighted by Crippen LogP contribution is -2.46. The maximum absolute atomic E-state index is 9.57. The van der Waals surface area contributed by atoms with Gasteiger partial charge in [-0.05, 0) is 17.7 Å². The second kappa shape index (κ2) is 7.53. The van der Waals surface area contributed by atoms with Crippen LogP contribution >= 0.6 is 35.6 Å². The number of aliphatic hydroxyl groups is 1. The Labute approximate surface area is 123 Å². The van der Waals surface area contributed by atoms with Crippen molar-refractivity contribution in [1.29, 1.82) is 0 Å². The van der Waals surface area contributed by atoms with Crippen molar-refractivity contribution in [2.75, 3.05) is 32.8 Å². The summed E-state index contributed by atoms with van der Waals surface area (Å²) in [6.45, 7) is 3.80. The van der Waals surface area contributed by atoms with Gasteiger partial charge in [-0.3, -0.25) is 4.90 Å². The summed E-state index contributed by atoms with van der Waals surface area (Å²) in [6.07, 6.45) is 0. The standard InChI is InChI=1S/C12H16Cl2N2O.ClH/c13-9-1-2-10(11(14)7-9)12(8-17)16-5-3-15-4-6-16;/h1-2,7,12,15,17H,3-6,8H2;1H/t12-;/m1./s1. The Morgan fingerprint density at radius 2 is 1.94 bits per heavy atom. The van der Waals surface area contributed by atoms with E-state index >= 15 is 0 Å². The van der Waals surface area contributed by atoms with Crippen LogP contribution in [-0.2, 0) is 0 Å². The zero-order valence-electron chi connectivity index (χ0n) is 9.90. The van der Waals surface area contributed by atoms with Crippen molar-refractivity contribution in [3.8, 4) is 0 Å². The van der Waals surface area contributed by atoms with Gasteiger partial charge in [0.15, 0.2) is 0 Å². The van der Waals surface area contributed by atoms with E-state index in [-0.39, 0.29) is 25.1 Å². The summed E-state index contributed by atoms with van der Waals surface area (Å²) >= 11 is 12.1. The maximum Gasteiger partial charge on any atom is 0.0629 e. The molecule has 102 valence electrons. The third-order valence-corrected chi connectivity index (χ3v) is 3.65. The van der Waals surface area contributed by atoms with Crippen LogP contribution < -0.4 is 5.32 Å². The van der Waals surface area contributed by atoms with E-state index < -0.39 is 0 Å². The van der Waals surface area contributed by atoms with Crippen LogP contribution in [0, 0.1) is 0 Å². The molecule has 0 radical (unpaired) electrons. The van der Waals surface area contributed by atoms with Crippen LogP contribution in [0.2, 0.25) is 10.0 Å². The minimum atomic E-state index is -0.0399. The minimum Gasteiger partial charge on any atom is -0.394 e. The first kappa shape index (κ1) is 16.0. The molecule has 0 aliphatic carbocycles. The quantitative estimate of drug-likeness (QED) is 0.899. The molecule has 1 aliphatic rings. The van der Waals surface area contributed by atoms with E-state index in [1.165, 1.54) is 0 Å². The number of halogens is 3. The van der Waals surface area contributed by atoms with Crippen LogP contribution in [0.3, 0.4) is 0 Å². The second-order valence-corrected chi connectivity index (χ2v) is 4.99. The Balaban J connectivity index is 0.00000162. The lowest BCUT2D eigenvalue weighted by molar-refractivity contribution is 0.111. The third kappa shape index (κ3) is 3.73. The van der Waals surface area contributed by atoms with E-state index in [0.717, 1.165) is 31.7 Å². The molecule has 18 heavy (non-hydrogen) atoms. The number of benzene rings is 1. The largest absolute Gasteiger partial charge is 0.394 e. The predicted octanol–water partition coefficient (Wildman–Crippen LogP) is 2.35. The van der Waals surface area contributed by atoms with Gasteiger partial charge in [-0.1, -0.05) is 29.3 Å². The number of nitrogens with one attached hydrogen (secondary N) is 1. The summed E-state index contributed by atoms with van der Waals surface area (Å²) in [6, 6.07) is 5.40. The summed E-state index contributed by atoms with van der Waals surface area (Å²) in [5.74, 6) is 0. The summed E-state index contributed by atoms with van der Waals surface area (Å²) in [7, 11) is 0. The summed E-state index contributed by atoms with van der Waals surface area (Å²) in [4.78, 5) is 2.24. The number of aliphatic hydroxyl groups excluding tert-OH is 1. The highest BCUT2D eigenvalue weighted by atomic mass is 35.5. The first-order chi connectivity index (χ1) is 8.22. The van der Waals surface area contributed by atoms with Crippen molar-refractivity contribution < 1.29 is 5.11 Å². The molecular weight excluding hydrogens is 295 g/mol. The van der Waals surface area contributed by atoms with Crippen LogP contribution in [-0.4, -0.2) is 42.8 Å². The summed E-state index contributed by atoms with van der Waals surface area (Å²) in [5.41, 5.74) is 0.945. The van der Waals surface area contributed by atoms with Gasteiger partial charge in [-0.2, -0.15) is 0 Å². The average molecular weight is 312 g/mol. The molecule has 3 nitrogen and oxygen atoms in total. The molecule has 1 saturated heterocycles. The molecule has 0 amide bonds. The molecule has 1 aromatic rings. The highest BCUT2D eigenvalue weighted by Crippen LogP contribution is 2.29. The Bertz CT molecular complexity index is 384. The van der Waals surface area contributed by atoms with Crippen molar-refractivity contribution in [1.82, 2.24) is 10.2 Å². The van der Waals surface area contributed by atoms with Gasteiger partial charge >= 0.3 is 0 Å². The number of hydrogen-bond acceptors (Lipinski definition) is 3. The Kier molecular flexibility index (Phi) is 6.71. The molecule has 1 aliphatic heterocycles.